The van der Waals surface area contributed by atoms with E-state index in [1.54, 1.807) is 12.1 Å². The number of benzene rings is 1. The maximum absolute atomic E-state index is 12.5. The summed E-state index contributed by atoms with van der Waals surface area (Å²) in [5.74, 6) is 0.912. The van der Waals surface area contributed by atoms with Crippen molar-refractivity contribution in [3.63, 3.8) is 0 Å². The number of piperazine rings is 1. The molecule has 3 rings (SSSR count). The van der Waals surface area contributed by atoms with Gasteiger partial charge < -0.3 is 20.6 Å². The second kappa shape index (κ2) is 10.1. The van der Waals surface area contributed by atoms with Crippen LogP contribution in [0.15, 0.2) is 24.3 Å². The summed E-state index contributed by atoms with van der Waals surface area (Å²) in [7, 11) is 0. The van der Waals surface area contributed by atoms with E-state index < -0.39 is 0 Å². The number of nitrogens with two attached hydrogens (primary N) is 1. The molecule has 1 saturated heterocycles. The highest BCUT2D eigenvalue weighted by atomic mass is 35.5. The van der Waals surface area contributed by atoms with Crippen molar-refractivity contribution in [2.45, 2.75) is 38.1 Å². The molecule has 3 N–H and O–H groups in total. The first kappa shape index (κ1) is 21.9. The smallest absolute Gasteiger partial charge is 0.223 e. The molecule has 5 nitrogen and oxygen atoms in total. The maximum atomic E-state index is 12.5. The summed E-state index contributed by atoms with van der Waals surface area (Å²) in [6, 6.07) is 7.46. The quantitative estimate of drug-likeness (QED) is 0.833. The van der Waals surface area contributed by atoms with E-state index >= 15 is 0 Å². The first-order valence-corrected chi connectivity index (χ1v) is 8.71. The minimum atomic E-state index is 0. The van der Waals surface area contributed by atoms with Crippen molar-refractivity contribution < 1.29 is 9.90 Å². The minimum Gasteiger partial charge on any atom is -0.508 e. The molecule has 0 radical (unpaired) electrons. The Bertz CT molecular complexity index is 534. The van der Waals surface area contributed by atoms with Gasteiger partial charge in [-0.1, -0.05) is 12.8 Å². The normalized spacial score (nSPS) is 23.4. The van der Waals surface area contributed by atoms with Crippen molar-refractivity contribution in [2.24, 2.45) is 11.7 Å². The topological polar surface area (TPSA) is 69.8 Å². The SMILES string of the molecule is Cl.Cl.NC1CCCCC1CC(=O)N1CCN(c2ccc(O)cc2)CC1. The van der Waals surface area contributed by atoms with Gasteiger partial charge in [0.1, 0.15) is 5.75 Å². The molecule has 0 bridgehead atoms. The number of carbonyl (C=O) groups is 1. The van der Waals surface area contributed by atoms with E-state index in [1.165, 1.54) is 12.8 Å². The lowest BCUT2D eigenvalue weighted by Crippen LogP contribution is -2.49. The van der Waals surface area contributed by atoms with Gasteiger partial charge in [0.25, 0.3) is 0 Å². The van der Waals surface area contributed by atoms with Gasteiger partial charge in [0, 0.05) is 44.3 Å². The number of amides is 1. The highest BCUT2D eigenvalue weighted by Gasteiger charge is 2.28. The molecule has 1 aliphatic heterocycles. The summed E-state index contributed by atoms with van der Waals surface area (Å²) in [5.41, 5.74) is 7.27. The molecule has 1 heterocycles. The number of hydrogen-bond donors (Lipinski definition) is 2. The van der Waals surface area contributed by atoms with E-state index in [2.05, 4.69) is 4.90 Å². The van der Waals surface area contributed by atoms with Gasteiger partial charge in [0.2, 0.25) is 5.91 Å². The number of rotatable bonds is 3. The van der Waals surface area contributed by atoms with Crippen LogP contribution in [0.25, 0.3) is 0 Å². The van der Waals surface area contributed by atoms with Crippen LogP contribution in [0.2, 0.25) is 0 Å². The van der Waals surface area contributed by atoms with Gasteiger partial charge in [0.05, 0.1) is 0 Å². The Hall–Kier alpha value is -1.17. The second-order valence-electron chi connectivity index (χ2n) is 6.80. The molecular formula is C18H29Cl2N3O2. The Morgan fingerprint density at radius 1 is 1.04 bits per heavy atom. The number of aromatic hydroxyl groups is 1. The number of anilines is 1. The molecule has 0 spiro atoms. The van der Waals surface area contributed by atoms with Crippen LogP contribution >= 0.6 is 24.8 Å². The average molecular weight is 390 g/mol. The van der Waals surface area contributed by atoms with Crippen LogP contribution < -0.4 is 10.6 Å². The average Bonchev–Trinajstić information content (AvgIpc) is 2.58. The van der Waals surface area contributed by atoms with E-state index in [4.69, 9.17) is 5.73 Å². The minimum absolute atomic E-state index is 0. The molecule has 25 heavy (non-hydrogen) atoms. The molecule has 1 saturated carbocycles. The number of phenolic OH excluding ortho intramolecular Hbond substituents is 1. The van der Waals surface area contributed by atoms with Gasteiger partial charge in [-0.05, 0) is 43.0 Å². The van der Waals surface area contributed by atoms with Gasteiger partial charge >= 0.3 is 0 Å². The first-order chi connectivity index (χ1) is 11.1. The molecule has 0 aromatic heterocycles. The monoisotopic (exact) mass is 389 g/mol. The van der Waals surface area contributed by atoms with E-state index in [1.807, 2.05) is 17.0 Å². The summed E-state index contributed by atoms with van der Waals surface area (Å²) in [4.78, 5) is 16.8. The molecule has 7 heteroatoms. The Balaban J connectivity index is 0.00000156. The van der Waals surface area contributed by atoms with Crippen LogP contribution in [0.1, 0.15) is 32.1 Å². The standard InChI is InChI=1S/C18H27N3O2.2ClH/c19-17-4-2-1-3-14(17)13-18(23)21-11-9-20(10-12-21)15-5-7-16(22)8-6-15;;/h5-8,14,17,22H,1-4,9-13,19H2;2*1H. The lowest BCUT2D eigenvalue weighted by molar-refractivity contribution is -0.132. The maximum Gasteiger partial charge on any atom is 0.223 e. The van der Waals surface area contributed by atoms with Gasteiger partial charge in [-0.3, -0.25) is 4.79 Å². The Morgan fingerprint density at radius 2 is 1.64 bits per heavy atom. The van der Waals surface area contributed by atoms with Crippen molar-refractivity contribution in [3.05, 3.63) is 24.3 Å². The number of phenols is 1. The fourth-order valence-corrected chi connectivity index (χ4v) is 3.72. The highest BCUT2D eigenvalue weighted by molar-refractivity contribution is 5.85. The highest BCUT2D eigenvalue weighted by Crippen LogP contribution is 2.27. The molecule has 2 fully saturated rings. The van der Waals surface area contributed by atoms with Gasteiger partial charge in [-0.25, -0.2) is 0 Å². The summed E-state index contributed by atoms with van der Waals surface area (Å²) >= 11 is 0. The van der Waals surface area contributed by atoms with Crippen molar-refractivity contribution in [1.29, 1.82) is 0 Å². The molecule has 1 amide bonds. The van der Waals surface area contributed by atoms with Gasteiger partial charge in [-0.15, -0.1) is 24.8 Å². The van der Waals surface area contributed by atoms with Crippen LogP contribution in [-0.4, -0.2) is 48.1 Å². The molecule has 142 valence electrons. The number of nitrogens with zero attached hydrogens (tertiary/aromatic N) is 2. The molecule has 2 unspecified atom stereocenters. The Kier molecular flexibility index (Phi) is 8.83. The predicted octanol–water partition coefficient (Wildman–Crippen LogP) is 2.79. The molecule has 2 aliphatic rings. The number of carbonyl (C=O) groups excluding carboxylic acids is 1. The first-order valence-electron chi connectivity index (χ1n) is 8.71. The zero-order chi connectivity index (χ0) is 16.2. The third-order valence-corrected chi connectivity index (χ3v) is 5.25. The lowest BCUT2D eigenvalue weighted by Gasteiger charge is -2.37. The zero-order valence-electron chi connectivity index (χ0n) is 14.5. The van der Waals surface area contributed by atoms with Crippen molar-refractivity contribution in [1.82, 2.24) is 4.90 Å². The van der Waals surface area contributed by atoms with E-state index in [9.17, 15) is 9.90 Å². The van der Waals surface area contributed by atoms with Crippen molar-refractivity contribution in [3.8, 4) is 5.75 Å². The molecule has 1 aliphatic carbocycles. The largest absolute Gasteiger partial charge is 0.508 e. The third-order valence-electron chi connectivity index (χ3n) is 5.25. The van der Waals surface area contributed by atoms with Crippen molar-refractivity contribution in [2.75, 3.05) is 31.1 Å². The summed E-state index contributed by atoms with van der Waals surface area (Å²) in [6.45, 7) is 3.21. The number of hydrogen-bond acceptors (Lipinski definition) is 4. The summed E-state index contributed by atoms with van der Waals surface area (Å²) in [5, 5.41) is 9.37. The summed E-state index contributed by atoms with van der Waals surface area (Å²) in [6.07, 6.45) is 5.19. The van der Waals surface area contributed by atoms with Crippen LogP contribution in [-0.2, 0) is 4.79 Å². The van der Waals surface area contributed by atoms with Gasteiger partial charge in [-0.2, -0.15) is 0 Å². The fourth-order valence-electron chi connectivity index (χ4n) is 3.72. The van der Waals surface area contributed by atoms with Gasteiger partial charge in [0.15, 0.2) is 0 Å². The van der Waals surface area contributed by atoms with Crippen LogP contribution in [0.4, 0.5) is 5.69 Å². The molecule has 1 aromatic rings. The van der Waals surface area contributed by atoms with E-state index in [0.717, 1.165) is 44.7 Å². The van der Waals surface area contributed by atoms with E-state index in [0.29, 0.717) is 12.3 Å². The van der Waals surface area contributed by atoms with Crippen LogP contribution in [0, 0.1) is 5.92 Å². The molecule has 1 aromatic carbocycles. The fraction of sp³-hybridized carbons (Fsp3) is 0.611. The van der Waals surface area contributed by atoms with Crippen molar-refractivity contribution >= 4 is 36.4 Å². The predicted molar refractivity (Wildman–Crippen MR) is 106 cm³/mol. The Morgan fingerprint density at radius 3 is 2.24 bits per heavy atom. The van der Waals surface area contributed by atoms with Crippen LogP contribution in [0.5, 0.6) is 5.75 Å². The third kappa shape index (κ3) is 5.66. The number of halogens is 2. The summed E-state index contributed by atoms with van der Waals surface area (Å²) < 4.78 is 0. The second-order valence-corrected chi connectivity index (χ2v) is 6.80. The zero-order valence-corrected chi connectivity index (χ0v) is 16.1. The van der Waals surface area contributed by atoms with E-state index in [-0.39, 0.29) is 42.5 Å². The molecular weight excluding hydrogens is 361 g/mol. The van der Waals surface area contributed by atoms with Crippen LogP contribution in [0.3, 0.4) is 0 Å². The lowest BCUT2D eigenvalue weighted by atomic mass is 9.82. The Labute approximate surface area is 162 Å². The molecule has 2 atom stereocenters.